The Bertz CT molecular complexity index is 988. The van der Waals surface area contributed by atoms with Crippen molar-refractivity contribution in [1.82, 2.24) is 0 Å². The zero-order chi connectivity index (χ0) is 19.6. The SMILES string of the molecule is CC(=O)Nc1ccc(NS(=O)(=O)c2ccc3c(c2)NC(=O)[C@H](C)CS3)cc1. The number of anilines is 3. The van der Waals surface area contributed by atoms with E-state index in [1.165, 1.54) is 30.8 Å². The average Bonchev–Trinajstić information content (AvgIpc) is 2.74. The molecule has 9 heteroatoms. The summed E-state index contributed by atoms with van der Waals surface area (Å²) in [6.45, 7) is 3.23. The molecule has 0 aromatic heterocycles. The van der Waals surface area contributed by atoms with Crippen LogP contribution in [-0.4, -0.2) is 26.0 Å². The molecule has 7 nitrogen and oxygen atoms in total. The van der Waals surface area contributed by atoms with Crippen molar-refractivity contribution >= 4 is 50.7 Å². The van der Waals surface area contributed by atoms with Crippen LogP contribution in [0.25, 0.3) is 0 Å². The second kappa shape index (κ2) is 7.61. The van der Waals surface area contributed by atoms with Crippen LogP contribution in [-0.2, 0) is 19.6 Å². The Hall–Kier alpha value is -2.52. The first kappa shape index (κ1) is 19.2. The topological polar surface area (TPSA) is 104 Å². The number of carbonyl (C=O) groups excluding carboxylic acids is 2. The maximum Gasteiger partial charge on any atom is 0.261 e. The van der Waals surface area contributed by atoms with Gasteiger partial charge in [-0.15, -0.1) is 11.8 Å². The lowest BCUT2D eigenvalue weighted by atomic mass is 10.2. The molecule has 0 aliphatic carbocycles. The molecule has 0 spiro atoms. The quantitative estimate of drug-likeness (QED) is 0.725. The standard InChI is InChI=1S/C18H19N3O4S2/c1-11-10-26-17-8-7-15(9-16(17)20-18(11)23)27(24,25)21-14-5-3-13(4-6-14)19-12(2)22/h3-9,11,21H,10H2,1-2H3,(H,19,22)(H,20,23)/t11-/m1/s1. The van der Waals surface area contributed by atoms with Crippen LogP contribution >= 0.6 is 11.8 Å². The van der Waals surface area contributed by atoms with Crippen molar-refractivity contribution < 1.29 is 18.0 Å². The van der Waals surface area contributed by atoms with Crippen molar-refractivity contribution in [3.8, 4) is 0 Å². The van der Waals surface area contributed by atoms with Crippen LogP contribution < -0.4 is 15.4 Å². The molecule has 142 valence electrons. The summed E-state index contributed by atoms with van der Waals surface area (Å²) in [5.41, 5.74) is 1.44. The molecule has 3 N–H and O–H groups in total. The number of carbonyl (C=O) groups is 2. The van der Waals surface area contributed by atoms with Gasteiger partial charge in [-0.2, -0.15) is 0 Å². The van der Waals surface area contributed by atoms with Crippen LogP contribution in [0.1, 0.15) is 13.8 Å². The Morgan fingerprint density at radius 2 is 1.81 bits per heavy atom. The van der Waals surface area contributed by atoms with Gasteiger partial charge in [0.05, 0.1) is 10.6 Å². The Balaban J connectivity index is 1.82. The Labute approximate surface area is 162 Å². The predicted octanol–water partition coefficient (Wildman–Crippen LogP) is 3.13. The number of amides is 2. The van der Waals surface area contributed by atoms with Gasteiger partial charge in [-0.3, -0.25) is 14.3 Å². The van der Waals surface area contributed by atoms with Crippen LogP contribution in [0.5, 0.6) is 0 Å². The molecule has 1 heterocycles. The first-order chi connectivity index (χ1) is 12.7. The van der Waals surface area contributed by atoms with Crippen molar-refractivity contribution in [3.05, 3.63) is 42.5 Å². The summed E-state index contributed by atoms with van der Waals surface area (Å²) in [6.07, 6.45) is 0. The zero-order valence-corrected chi connectivity index (χ0v) is 16.4. The summed E-state index contributed by atoms with van der Waals surface area (Å²) in [4.78, 5) is 24.0. The molecular weight excluding hydrogens is 386 g/mol. The summed E-state index contributed by atoms with van der Waals surface area (Å²) in [7, 11) is -3.82. The van der Waals surface area contributed by atoms with E-state index >= 15 is 0 Å². The van der Waals surface area contributed by atoms with Gasteiger partial charge in [-0.25, -0.2) is 8.42 Å². The van der Waals surface area contributed by atoms with E-state index in [0.717, 1.165) is 4.90 Å². The molecule has 3 rings (SSSR count). The summed E-state index contributed by atoms with van der Waals surface area (Å²) < 4.78 is 27.9. The van der Waals surface area contributed by atoms with Crippen LogP contribution in [0.2, 0.25) is 0 Å². The highest BCUT2D eigenvalue weighted by Crippen LogP contribution is 2.34. The maximum atomic E-state index is 12.7. The maximum absolute atomic E-state index is 12.7. The van der Waals surface area contributed by atoms with Crippen LogP contribution in [0, 0.1) is 5.92 Å². The molecule has 2 aromatic rings. The largest absolute Gasteiger partial charge is 0.326 e. The van der Waals surface area contributed by atoms with Gasteiger partial charge in [0, 0.05) is 34.9 Å². The van der Waals surface area contributed by atoms with Crippen LogP contribution in [0.4, 0.5) is 17.1 Å². The third kappa shape index (κ3) is 4.61. The van der Waals surface area contributed by atoms with Crippen molar-refractivity contribution in [2.45, 2.75) is 23.6 Å². The van der Waals surface area contributed by atoms with Gasteiger partial charge < -0.3 is 10.6 Å². The monoisotopic (exact) mass is 405 g/mol. The fraction of sp³-hybridized carbons (Fsp3) is 0.222. The number of benzene rings is 2. The second-order valence-electron chi connectivity index (χ2n) is 6.22. The Morgan fingerprint density at radius 3 is 2.48 bits per heavy atom. The van der Waals surface area contributed by atoms with Crippen molar-refractivity contribution in [3.63, 3.8) is 0 Å². The molecule has 0 unspecified atom stereocenters. The number of thioether (sulfide) groups is 1. The van der Waals surface area contributed by atoms with Crippen LogP contribution in [0.3, 0.4) is 0 Å². The fourth-order valence-electron chi connectivity index (χ4n) is 2.49. The number of rotatable bonds is 4. The van der Waals surface area contributed by atoms with Crippen LogP contribution in [0.15, 0.2) is 52.3 Å². The van der Waals surface area contributed by atoms with E-state index in [-0.39, 0.29) is 22.6 Å². The predicted molar refractivity (Wildman–Crippen MR) is 107 cm³/mol. The second-order valence-corrected chi connectivity index (χ2v) is 8.97. The van der Waals surface area contributed by atoms with Gasteiger partial charge in [0.1, 0.15) is 0 Å². The molecule has 0 bridgehead atoms. The molecule has 2 aromatic carbocycles. The van der Waals surface area contributed by atoms with E-state index in [4.69, 9.17) is 0 Å². The lowest BCUT2D eigenvalue weighted by molar-refractivity contribution is -0.118. The molecule has 0 saturated carbocycles. The van der Waals surface area contributed by atoms with Crippen molar-refractivity contribution in [1.29, 1.82) is 0 Å². The Kier molecular flexibility index (Phi) is 5.43. The lowest BCUT2D eigenvalue weighted by Gasteiger charge is -2.12. The minimum Gasteiger partial charge on any atom is -0.326 e. The molecule has 27 heavy (non-hydrogen) atoms. The highest BCUT2D eigenvalue weighted by molar-refractivity contribution is 7.99. The molecule has 0 radical (unpaired) electrons. The van der Waals surface area contributed by atoms with E-state index in [9.17, 15) is 18.0 Å². The first-order valence-corrected chi connectivity index (χ1v) is 10.7. The van der Waals surface area contributed by atoms with E-state index in [2.05, 4.69) is 15.4 Å². The number of nitrogens with one attached hydrogen (secondary N) is 3. The van der Waals surface area contributed by atoms with E-state index < -0.39 is 10.0 Å². The minimum absolute atomic E-state index is 0.0580. The van der Waals surface area contributed by atoms with Gasteiger partial charge in [-0.1, -0.05) is 6.92 Å². The van der Waals surface area contributed by atoms with Gasteiger partial charge in [-0.05, 0) is 42.5 Å². The van der Waals surface area contributed by atoms with E-state index in [1.807, 2.05) is 6.92 Å². The number of sulfonamides is 1. The summed E-state index contributed by atoms with van der Waals surface area (Å²) >= 11 is 1.52. The minimum atomic E-state index is -3.82. The van der Waals surface area contributed by atoms with E-state index in [0.29, 0.717) is 22.8 Å². The number of hydrogen-bond donors (Lipinski definition) is 3. The van der Waals surface area contributed by atoms with E-state index in [1.54, 1.807) is 30.3 Å². The highest BCUT2D eigenvalue weighted by atomic mass is 32.2. The smallest absolute Gasteiger partial charge is 0.261 e. The normalized spacial score (nSPS) is 16.7. The molecule has 2 amide bonds. The molecule has 1 aliphatic heterocycles. The number of fused-ring (bicyclic) bond motifs is 1. The summed E-state index contributed by atoms with van der Waals surface area (Å²) in [5, 5.41) is 5.40. The fourth-order valence-corrected chi connectivity index (χ4v) is 4.58. The third-order valence-corrected chi connectivity index (χ3v) is 6.63. The average molecular weight is 406 g/mol. The summed E-state index contributed by atoms with van der Waals surface area (Å²) in [6, 6.07) is 11.0. The number of hydrogen-bond acceptors (Lipinski definition) is 5. The Morgan fingerprint density at radius 1 is 1.15 bits per heavy atom. The zero-order valence-electron chi connectivity index (χ0n) is 14.8. The van der Waals surface area contributed by atoms with Gasteiger partial charge >= 0.3 is 0 Å². The first-order valence-electron chi connectivity index (χ1n) is 8.23. The summed E-state index contributed by atoms with van der Waals surface area (Å²) in [5.74, 6) is 0.159. The molecule has 1 aliphatic rings. The lowest BCUT2D eigenvalue weighted by Crippen LogP contribution is -2.20. The molecular formula is C18H19N3O4S2. The molecule has 1 atom stereocenters. The van der Waals surface area contributed by atoms with Crippen molar-refractivity contribution in [2.24, 2.45) is 5.92 Å². The molecule has 0 fully saturated rings. The van der Waals surface area contributed by atoms with Gasteiger partial charge in [0.15, 0.2) is 0 Å². The molecule has 0 saturated heterocycles. The van der Waals surface area contributed by atoms with Gasteiger partial charge in [0.2, 0.25) is 11.8 Å². The third-order valence-electron chi connectivity index (χ3n) is 3.91. The van der Waals surface area contributed by atoms with Crippen molar-refractivity contribution in [2.75, 3.05) is 21.1 Å². The highest BCUT2D eigenvalue weighted by Gasteiger charge is 2.23. The van der Waals surface area contributed by atoms with Gasteiger partial charge in [0.25, 0.3) is 10.0 Å².